The first-order chi connectivity index (χ1) is 9.40. The summed E-state index contributed by atoms with van der Waals surface area (Å²) in [5.74, 6) is 0.455. The highest BCUT2D eigenvalue weighted by Gasteiger charge is 2.51. The summed E-state index contributed by atoms with van der Waals surface area (Å²) in [7, 11) is 0. The first-order valence-electron chi connectivity index (χ1n) is 7.10. The highest BCUT2D eigenvalue weighted by atomic mass is 32.1. The zero-order valence-corrected chi connectivity index (χ0v) is 13.1. The molecule has 3 N–H and O–H groups in total. The van der Waals surface area contributed by atoms with Crippen LogP contribution in [-0.4, -0.2) is 10.9 Å². The van der Waals surface area contributed by atoms with Gasteiger partial charge in [0.15, 0.2) is 0 Å². The van der Waals surface area contributed by atoms with E-state index in [1.165, 1.54) is 0 Å². The summed E-state index contributed by atoms with van der Waals surface area (Å²) < 4.78 is 0. The van der Waals surface area contributed by atoms with Crippen LogP contribution >= 0.6 is 12.2 Å². The molecule has 1 saturated carbocycles. The minimum atomic E-state index is -0.651. The molecule has 0 atom stereocenters. The van der Waals surface area contributed by atoms with E-state index >= 15 is 0 Å². The standard InChI is InChI=1S/C16H22N2OS/c1-4-12-7-5-6-11(3)13(12)18-15(19)16(14(17)20)8-10(2)9-16/h5-7,10H,4,8-9H2,1-3H3,(H2,17,20)(H,18,19). The summed E-state index contributed by atoms with van der Waals surface area (Å²) in [4.78, 5) is 13.0. The first-order valence-corrected chi connectivity index (χ1v) is 7.51. The van der Waals surface area contributed by atoms with E-state index in [4.69, 9.17) is 18.0 Å². The number of carbonyl (C=O) groups excluding carboxylic acids is 1. The number of nitrogens with two attached hydrogens (primary N) is 1. The lowest BCUT2D eigenvalue weighted by Gasteiger charge is -2.44. The van der Waals surface area contributed by atoms with E-state index in [1.807, 2.05) is 25.1 Å². The molecule has 1 fully saturated rings. The molecule has 108 valence electrons. The van der Waals surface area contributed by atoms with Gasteiger partial charge in [-0.3, -0.25) is 4.79 Å². The predicted molar refractivity (Wildman–Crippen MR) is 86.8 cm³/mol. The van der Waals surface area contributed by atoms with Gasteiger partial charge >= 0.3 is 0 Å². The third kappa shape index (κ3) is 2.44. The van der Waals surface area contributed by atoms with Crippen molar-refractivity contribution in [2.45, 2.75) is 40.0 Å². The van der Waals surface area contributed by atoms with E-state index in [0.29, 0.717) is 10.9 Å². The Labute approximate surface area is 125 Å². The van der Waals surface area contributed by atoms with Crippen molar-refractivity contribution in [3.05, 3.63) is 29.3 Å². The lowest BCUT2D eigenvalue weighted by atomic mass is 9.62. The summed E-state index contributed by atoms with van der Waals surface area (Å²) in [5.41, 5.74) is 8.30. The number of carbonyl (C=O) groups is 1. The van der Waals surface area contributed by atoms with Gasteiger partial charge in [-0.25, -0.2) is 0 Å². The van der Waals surface area contributed by atoms with Crippen LogP contribution in [0.4, 0.5) is 5.69 Å². The van der Waals surface area contributed by atoms with Crippen LogP contribution in [0, 0.1) is 18.3 Å². The molecule has 0 saturated heterocycles. The molecule has 2 rings (SSSR count). The Morgan fingerprint density at radius 3 is 2.65 bits per heavy atom. The number of hydrogen-bond donors (Lipinski definition) is 2. The fourth-order valence-electron chi connectivity index (χ4n) is 3.06. The highest BCUT2D eigenvalue weighted by molar-refractivity contribution is 7.80. The van der Waals surface area contributed by atoms with Crippen LogP contribution < -0.4 is 11.1 Å². The highest BCUT2D eigenvalue weighted by Crippen LogP contribution is 2.46. The summed E-state index contributed by atoms with van der Waals surface area (Å²) in [5, 5.41) is 3.07. The topological polar surface area (TPSA) is 55.1 Å². The van der Waals surface area contributed by atoms with Gasteiger partial charge in [-0.15, -0.1) is 0 Å². The van der Waals surface area contributed by atoms with Gasteiger partial charge in [0.1, 0.15) is 0 Å². The van der Waals surface area contributed by atoms with Crippen LogP contribution in [0.1, 0.15) is 37.8 Å². The average Bonchev–Trinajstić information content (AvgIpc) is 2.36. The molecule has 20 heavy (non-hydrogen) atoms. The maximum Gasteiger partial charge on any atom is 0.237 e. The second-order valence-corrected chi connectivity index (χ2v) is 6.32. The molecule has 0 spiro atoms. The van der Waals surface area contributed by atoms with Crippen molar-refractivity contribution in [1.29, 1.82) is 0 Å². The van der Waals surface area contributed by atoms with Crippen molar-refractivity contribution in [3.63, 3.8) is 0 Å². The third-order valence-corrected chi connectivity index (χ3v) is 4.67. The zero-order chi connectivity index (χ0) is 14.9. The Balaban J connectivity index is 2.26. The summed E-state index contributed by atoms with van der Waals surface area (Å²) in [6.45, 7) is 6.21. The van der Waals surface area contributed by atoms with Gasteiger partial charge in [0.25, 0.3) is 0 Å². The normalized spacial score (nSPS) is 24.9. The Hall–Kier alpha value is -1.42. The number of aryl methyl sites for hydroxylation is 2. The van der Waals surface area contributed by atoms with Gasteiger partial charge in [-0.2, -0.15) is 0 Å². The molecule has 0 bridgehead atoms. The Bertz CT molecular complexity index is 547. The number of hydrogen-bond acceptors (Lipinski definition) is 2. The van der Waals surface area contributed by atoms with Gasteiger partial charge in [-0.1, -0.05) is 44.3 Å². The van der Waals surface area contributed by atoms with Crippen LogP contribution in [0.2, 0.25) is 0 Å². The van der Waals surface area contributed by atoms with Crippen molar-refractivity contribution < 1.29 is 4.79 Å². The van der Waals surface area contributed by atoms with Gasteiger partial charge in [0.2, 0.25) is 5.91 Å². The second kappa shape index (κ2) is 5.52. The van der Waals surface area contributed by atoms with Crippen LogP contribution in [0.3, 0.4) is 0 Å². The van der Waals surface area contributed by atoms with Gasteiger partial charge < -0.3 is 11.1 Å². The van der Waals surface area contributed by atoms with E-state index < -0.39 is 5.41 Å². The fraction of sp³-hybridized carbons (Fsp3) is 0.500. The molecule has 0 unspecified atom stereocenters. The smallest absolute Gasteiger partial charge is 0.237 e. The molecule has 0 aliphatic heterocycles. The maximum atomic E-state index is 12.6. The van der Waals surface area contributed by atoms with Crippen LogP contribution in [0.5, 0.6) is 0 Å². The molecule has 1 aliphatic rings. The summed E-state index contributed by atoms with van der Waals surface area (Å²) in [6, 6.07) is 6.06. The van der Waals surface area contributed by atoms with Crippen LogP contribution in [0.15, 0.2) is 18.2 Å². The molecule has 1 aromatic rings. The predicted octanol–water partition coefficient (Wildman–Crippen LogP) is 3.20. The molecule has 4 heteroatoms. The minimum absolute atomic E-state index is 0.0490. The van der Waals surface area contributed by atoms with Crippen molar-refractivity contribution in [2.24, 2.45) is 17.1 Å². The second-order valence-electron chi connectivity index (χ2n) is 5.88. The van der Waals surface area contributed by atoms with E-state index in [0.717, 1.165) is 36.1 Å². The molecule has 0 heterocycles. The molecule has 1 aliphatic carbocycles. The molecule has 1 aromatic carbocycles. The Kier molecular flexibility index (Phi) is 4.14. The summed E-state index contributed by atoms with van der Waals surface area (Å²) in [6.07, 6.45) is 2.39. The van der Waals surface area contributed by atoms with Gasteiger partial charge in [-0.05, 0) is 43.2 Å². The Morgan fingerprint density at radius 1 is 1.50 bits per heavy atom. The lowest BCUT2D eigenvalue weighted by Crippen LogP contribution is -2.54. The fourth-order valence-corrected chi connectivity index (χ4v) is 3.32. The van der Waals surface area contributed by atoms with Crippen molar-refractivity contribution >= 4 is 28.8 Å². The van der Waals surface area contributed by atoms with Crippen LogP contribution in [-0.2, 0) is 11.2 Å². The van der Waals surface area contributed by atoms with E-state index in [9.17, 15) is 4.79 Å². The first kappa shape index (κ1) is 15.0. The number of anilines is 1. The largest absolute Gasteiger partial charge is 0.392 e. The minimum Gasteiger partial charge on any atom is -0.392 e. The van der Waals surface area contributed by atoms with Crippen molar-refractivity contribution in [2.75, 3.05) is 5.32 Å². The SMILES string of the molecule is CCc1cccc(C)c1NC(=O)C1(C(N)=S)CC(C)C1. The van der Waals surface area contributed by atoms with E-state index in [1.54, 1.807) is 0 Å². The molecular formula is C16H22N2OS. The summed E-state index contributed by atoms with van der Waals surface area (Å²) >= 11 is 5.14. The third-order valence-electron chi connectivity index (χ3n) is 4.28. The lowest BCUT2D eigenvalue weighted by molar-refractivity contribution is -0.127. The molecule has 1 amide bonds. The van der Waals surface area contributed by atoms with Crippen molar-refractivity contribution in [3.8, 4) is 0 Å². The molecule has 3 nitrogen and oxygen atoms in total. The number of nitrogens with one attached hydrogen (secondary N) is 1. The average molecular weight is 290 g/mol. The molecule has 0 radical (unpaired) electrons. The van der Waals surface area contributed by atoms with E-state index in [-0.39, 0.29) is 5.91 Å². The Morgan fingerprint density at radius 2 is 2.15 bits per heavy atom. The van der Waals surface area contributed by atoms with Crippen molar-refractivity contribution in [1.82, 2.24) is 0 Å². The number of benzene rings is 1. The zero-order valence-electron chi connectivity index (χ0n) is 12.3. The molecular weight excluding hydrogens is 268 g/mol. The number of rotatable bonds is 4. The monoisotopic (exact) mass is 290 g/mol. The number of thiocarbonyl (C=S) groups is 1. The molecule has 0 aromatic heterocycles. The maximum absolute atomic E-state index is 12.6. The number of para-hydroxylation sites is 1. The van der Waals surface area contributed by atoms with Gasteiger partial charge in [0, 0.05) is 5.69 Å². The van der Waals surface area contributed by atoms with Gasteiger partial charge in [0.05, 0.1) is 10.4 Å². The quantitative estimate of drug-likeness (QED) is 0.837. The van der Waals surface area contributed by atoms with Crippen LogP contribution in [0.25, 0.3) is 0 Å². The number of amides is 1. The van der Waals surface area contributed by atoms with E-state index in [2.05, 4.69) is 19.2 Å².